The summed E-state index contributed by atoms with van der Waals surface area (Å²) < 4.78 is 5.50. The van der Waals surface area contributed by atoms with Gasteiger partial charge in [0.15, 0.2) is 0 Å². The Balaban J connectivity index is 2.10. The number of pyridine rings is 1. The summed E-state index contributed by atoms with van der Waals surface area (Å²) in [5.41, 5.74) is 4.92. The molecule has 3 rings (SSSR count). The van der Waals surface area contributed by atoms with Crippen molar-refractivity contribution >= 4 is 28.2 Å². The van der Waals surface area contributed by atoms with Gasteiger partial charge in [0.1, 0.15) is 10.6 Å². The number of hydrogen-bond donors (Lipinski definition) is 1. The van der Waals surface area contributed by atoms with Crippen LogP contribution in [-0.4, -0.2) is 23.0 Å². The lowest BCUT2D eigenvalue weighted by Gasteiger charge is -2.13. The van der Waals surface area contributed by atoms with E-state index in [9.17, 15) is 9.59 Å². The van der Waals surface area contributed by atoms with Crippen molar-refractivity contribution in [2.75, 3.05) is 5.32 Å². The van der Waals surface area contributed by atoms with Gasteiger partial charge in [0, 0.05) is 28.4 Å². The largest absolute Gasteiger partial charge is 0.459 e. The number of aromatic nitrogens is 1. The van der Waals surface area contributed by atoms with Gasteiger partial charge in [-0.15, -0.1) is 11.3 Å². The molecule has 0 saturated carbocycles. The molecule has 1 aromatic carbocycles. The highest BCUT2D eigenvalue weighted by Crippen LogP contribution is 2.41. The maximum absolute atomic E-state index is 13.0. The van der Waals surface area contributed by atoms with Crippen molar-refractivity contribution in [3.63, 3.8) is 0 Å². The van der Waals surface area contributed by atoms with Gasteiger partial charge in [-0.05, 0) is 63.4 Å². The molecule has 6 heteroatoms. The lowest BCUT2D eigenvalue weighted by molar-refractivity contribution is 0.0380. The molecule has 1 amide bonds. The van der Waals surface area contributed by atoms with Gasteiger partial charge in [-0.3, -0.25) is 9.78 Å². The maximum atomic E-state index is 13.0. The quantitative estimate of drug-likeness (QED) is 0.562. The molecule has 0 saturated heterocycles. The first-order valence-electron chi connectivity index (χ1n) is 9.41. The monoisotopic (exact) mass is 408 g/mol. The van der Waals surface area contributed by atoms with Gasteiger partial charge in [0.05, 0.1) is 6.10 Å². The lowest BCUT2D eigenvalue weighted by atomic mass is 9.97. The number of anilines is 1. The first-order valence-corrected chi connectivity index (χ1v) is 10.2. The minimum Gasteiger partial charge on any atom is -0.459 e. The van der Waals surface area contributed by atoms with Crippen LogP contribution in [-0.2, 0) is 4.74 Å². The number of nitrogens with one attached hydrogen (secondary N) is 1. The van der Waals surface area contributed by atoms with Crippen LogP contribution in [0.25, 0.3) is 11.1 Å². The second-order valence-electron chi connectivity index (χ2n) is 7.18. The number of nitrogens with zero attached hydrogens (tertiary/aromatic N) is 1. The van der Waals surface area contributed by atoms with Gasteiger partial charge in [0.25, 0.3) is 5.91 Å². The van der Waals surface area contributed by atoms with E-state index in [1.54, 1.807) is 24.5 Å². The van der Waals surface area contributed by atoms with Crippen LogP contribution in [0.3, 0.4) is 0 Å². The van der Waals surface area contributed by atoms with Gasteiger partial charge < -0.3 is 10.1 Å². The fourth-order valence-corrected chi connectivity index (χ4v) is 4.08. The van der Waals surface area contributed by atoms with E-state index in [2.05, 4.69) is 16.4 Å². The minimum absolute atomic E-state index is 0.265. The third kappa shape index (κ3) is 4.54. The van der Waals surface area contributed by atoms with E-state index in [1.807, 2.05) is 46.8 Å². The summed E-state index contributed by atoms with van der Waals surface area (Å²) in [6, 6.07) is 9.36. The summed E-state index contributed by atoms with van der Waals surface area (Å²) in [4.78, 5) is 30.5. The van der Waals surface area contributed by atoms with E-state index >= 15 is 0 Å². The van der Waals surface area contributed by atoms with Gasteiger partial charge in [-0.25, -0.2) is 4.79 Å². The highest BCUT2D eigenvalue weighted by atomic mass is 32.1. The highest BCUT2D eigenvalue weighted by molar-refractivity contribution is 7.17. The predicted molar refractivity (Wildman–Crippen MR) is 117 cm³/mol. The Labute approximate surface area is 174 Å². The second kappa shape index (κ2) is 8.57. The summed E-state index contributed by atoms with van der Waals surface area (Å²) in [7, 11) is 0. The van der Waals surface area contributed by atoms with Crippen LogP contribution in [0.1, 0.15) is 50.6 Å². The van der Waals surface area contributed by atoms with E-state index < -0.39 is 5.97 Å². The Bertz CT molecular complexity index is 1060. The molecule has 2 heterocycles. The number of rotatable bonds is 5. The molecule has 3 aromatic rings. The molecular weight excluding hydrogens is 384 g/mol. The summed E-state index contributed by atoms with van der Waals surface area (Å²) in [5.74, 6) is -0.735. The zero-order valence-electron chi connectivity index (χ0n) is 17.2. The van der Waals surface area contributed by atoms with Gasteiger partial charge in [-0.1, -0.05) is 18.2 Å². The fraction of sp³-hybridized carbons (Fsp3) is 0.261. The van der Waals surface area contributed by atoms with Gasteiger partial charge in [0.2, 0.25) is 0 Å². The standard InChI is InChI=1S/C23H24N2O3S/c1-13(2)28-23(27)20-19(18-7-6-14(3)15(4)12-18)16(5)29-22(20)25-21(26)17-8-10-24-11-9-17/h6-13H,1-5H3,(H,25,26). The van der Waals surface area contributed by atoms with Crippen molar-refractivity contribution in [2.24, 2.45) is 0 Å². The number of ether oxygens (including phenoxy) is 1. The van der Waals surface area contributed by atoms with Crippen LogP contribution in [0.4, 0.5) is 5.00 Å². The van der Waals surface area contributed by atoms with Crippen molar-refractivity contribution < 1.29 is 14.3 Å². The topological polar surface area (TPSA) is 68.3 Å². The van der Waals surface area contributed by atoms with Crippen LogP contribution in [0.5, 0.6) is 0 Å². The zero-order valence-corrected chi connectivity index (χ0v) is 18.0. The summed E-state index contributed by atoms with van der Waals surface area (Å²) in [5, 5.41) is 3.38. The first-order chi connectivity index (χ1) is 13.8. The highest BCUT2D eigenvalue weighted by Gasteiger charge is 2.26. The minimum atomic E-state index is -0.442. The molecule has 150 valence electrons. The Kier molecular flexibility index (Phi) is 6.13. The van der Waals surface area contributed by atoms with E-state index in [0.717, 1.165) is 21.6 Å². The molecule has 0 unspecified atom stereocenters. The maximum Gasteiger partial charge on any atom is 0.342 e. The third-order valence-electron chi connectivity index (χ3n) is 4.60. The average Bonchev–Trinajstić information content (AvgIpc) is 3.00. The number of esters is 1. The molecule has 0 atom stereocenters. The number of thiophene rings is 1. The molecule has 0 aliphatic rings. The number of hydrogen-bond acceptors (Lipinski definition) is 5. The van der Waals surface area contributed by atoms with E-state index in [1.165, 1.54) is 16.9 Å². The first kappa shape index (κ1) is 20.7. The lowest BCUT2D eigenvalue weighted by Crippen LogP contribution is -2.16. The molecule has 0 aliphatic heterocycles. The molecule has 0 spiro atoms. The number of amides is 1. The van der Waals surface area contributed by atoms with Crippen molar-refractivity contribution in [1.82, 2.24) is 4.98 Å². The SMILES string of the molecule is Cc1ccc(-c2c(C)sc(NC(=O)c3ccncc3)c2C(=O)OC(C)C)cc1C. The van der Waals surface area contributed by atoms with E-state index in [-0.39, 0.29) is 12.0 Å². The molecule has 0 bridgehead atoms. The van der Waals surface area contributed by atoms with Crippen molar-refractivity contribution in [2.45, 2.75) is 40.7 Å². The van der Waals surface area contributed by atoms with Gasteiger partial charge in [-0.2, -0.15) is 0 Å². The molecule has 0 fully saturated rings. The van der Waals surface area contributed by atoms with Crippen LogP contribution < -0.4 is 5.32 Å². The van der Waals surface area contributed by atoms with Crippen LogP contribution >= 0.6 is 11.3 Å². The normalized spacial score (nSPS) is 10.8. The van der Waals surface area contributed by atoms with Crippen molar-refractivity contribution in [3.05, 3.63) is 69.9 Å². The van der Waals surface area contributed by atoms with Crippen LogP contribution in [0.2, 0.25) is 0 Å². The molecule has 2 aromatic heterocycles. The van der Waals surface area contributed by atoms with Crippen molar-refractivity contribution in [3.8, 4) is 11.1 Å². The summed E-state index contributed by atoms with van der Waals surface area (Å²) in [6.45, 7) is 9.65. The molecular formula is C23H24N2O3S. The van der Waals surface area contributed by atoms with Crippen LogP contribution in [0.15, 0.2) is 42.7 Å². The van der Waals surface area contributed by atoms with Crippen LogP contribution in [0, 0.1) is 20.8 Å². The third-order valence-corrected chi connectivity index (χ3v) is 5.62. The molecule has 1 N–H and O–H groups in total. The van der Waals surface area contributed by atoms with Crippen molar-refractivity contribution in [1.29, 1.82) is 0 Å². The molecule has 5 nitrogen and oxygen atoms in total. The Morgan fingerprint density at radius 1 is 1.03 bits per heavy atom. The van der Waals surface area contributed by atoms with E-state index in [4.69, 9.17) is 4.74 Å². The second-order valence-corrected chi connectivity index (χ2v) is 8.41. The fourth-order valence-electron chi connectivity index (χ4n) is 3.02. The number of aryl methyl sites for hydroxylation is 3. The van der Waals surface area contributed by atoms with Gasteiger partial charge >= 0.3 is 5.97 Å². The smallest absolute Gasteiger partial charge is 0.342 e. The van der Waals surface area contributed by atoms with E-state index in [0.29, 0.717) is 16.1 Å². The average molecular weight is 409 g/mol. The zero-order chi connectivity index (χ0) is 21.1. The predicted octanol–water partition coefficient (Wildman–Crippen LogP) is 5.55. The Morgan fingerprint density at radius 3 is 2.34 bits per heavy atom. The Morgan fingerprint density at radius 2 is 1.72 bits per heavy atom. The number of carbonyl (C=O) groups excluding carboxylic acids is 2. The molecule has 0 aliphatic carbocycles. The molecule has 29 heavy (non-hydrogen) atoms. The Hall–Kier alpha value is -2.99. The number of benzene rings is 1. The molecule has 0 radical (unpaired) electrons. The number of carbonyl (C=O) groups is 2. The summed E-state index contributed by atoms with van der Waals surface area (Å²) in [6.07, 6.45) is 2.85. The summed E-state index contributed by atoms with van der Waals surface area (Å²) >= 11 is 1.38.